The molecular weight excluding hydrogens is 281 g/mol. The summed E-state index contributed by atoms with van der Waals surface area (Å²) in [5.74, 6) is 0.280. The van der Waals surface area contributed by atoms with E-state index in [1.54, 1.807) is 6.07 Å². The minimum Gasteiger partial charge on any atom is -0.507 e. The zero-order valence-electron chi connectivity index (χ0n) is 7.07. The first kappa shape index (κ1) is 10.7. The molecule has 1 atom stereocenters. The molecule has 4 heteroatoms. The maximum Gasteiger partial charge on any atom is 0.128 e. The van der Waals surface area contributed by atoms with Gasteiger partial charge in [-0.1, -0.05) is 6.07 Å². The average Bonchev–Trinajstić information content (AvgIpc) is 2.11. The predicted molar refractivity (Wildman–Crippen MR) is 59.6 cm³/mol. The SMILES string of the molecule is N[C@H](CO)Cc1ccc(O)c(I)c1. The molecule has 1 rings (SSSR count). The molecule has 0 unspecified atom stereocenters. The van der Waals surface area contributed by atoms with E-state index in [9.17, 15) is 5.11 Å². The van der Waals surface area contributed by atoms with E-state index in [0.29, 0.717) is 6.42 Å². The van der Waals surface area contributed by atoms with Gasteiger partial charge in [0, 0.05) is 6.04 Å². The van der Waals surface area contributed by atoms with Gasteiger partial charge in [0.2, 0.25) is 0 Å². The second-order valence-corrected chi connectivity index (χ2v) is 4.09. The van der Waals surface area contributed by atoms with Crippen LogP contribution in [0.15, 0.2) is 18.2 Å². The fourth-order valence-corrected chi connectivity index (χ4v) is 1.62. The zero-order valence-corrected chi connectivity index (χ0v) is 9.23. The maximum atomic E-state index is 9.25. The number of aliphatic hydroxyl groups is 1. The summed E-state index contributed by atoms with van der Waals surface area (Å²) in [6.07, 6.45) is 0.632. The molecule has 0 amide bonds. The molecular formula is C9H12INO2. The third kappa shape index (κ3) is 3.13. The van der Waals surface area contributed by atoms with Crippen molar-refractivity contribution in [3.05, 3.63) is 27.3 Å². The van der Waals surface area contributed by atoms with Gasteiger partial charge in [0.15, 0.2) is 0 Å². The number of phenolic OH excluding ortho intramolecular Hbond substituents is 1. The van der Waals surface area contributed by atoms with E-state index in [0.717, 1.165) is 9.13 Å². The lowest BCUT2D eigenvalue weighted by Crippen LogP contribution is -2.26. The lowest BCUT2D eigenvalue weighted by atomic mass is 10.1. The summed E-state index contributed by atoms with van der Waals surface area (Å²) in [6.45, 7) is -0.0164. The van der Waals surface area contributed by atoms with E-state index in [1.807, 2.05) is 12.1 Å². The van der Waals surface area contributed by atoms with E-state index in [1.165, 1.54) is 0 Å². The molecule has 0 aromatic heterocycles. The molecule has 0 heterocycles. The first-order valence-electron chi connectivity index (χ1n) is 3.97. The molecule has 3 nitrogen and oxygen atoms in total. The van der Waals surface area contributed by atoms with Crippen molar-refractivity contribution in [1.29, 1.82) is 0 Å². The largest absolute Gasteiger partial charge is 0.507 e. The number of halogens is 1. The number of hydrogen-bond donors (Lipinski definition) is 3. The highest BCUT2D eigenvalue weighted by Gasteiger charge is 2.04. The van der Waals surface area contributed by atoms with E-state index in [2.05, 4.69) is 22.6 Å². The van der Waals surface area contributed by atoms with Crippen molar-refractivity contribution in [2.45, 2.75) is 12.5 Å². The first-order valence-corrected chi connectivity index (χ1v) is 5.05. The second-order valence-electron chi connectivity index (χ2n) is 2.93. The maximum absolute atomic E-state index is 9.25. The van der Waals surface area contributed by atoms with Gasteiger partial charge in [-0.3, -0.25) is 0 Å². The summed E-state index contributed by atoms with van der Waals surface area (Å²) in [6, 6.07) is 5.10. The Morgan fingerprint density at radius 2 is 2.15 bits per heavy atom. The molecule has 0 aliphatic rings. The summed E-state index contributed by atoms with van der Waals surface area (Å²) in [7, 11) is 0. The summed E-state index contributed by atoms with van der Waals surface area (Å²) >= 11 is 2.06. The number of hydrogen-bond acceptors (Lipinski definition) is 3. The zero-order chi connectivity index (χ0) is 9.84. The molecule has 0 saturated heterocycles. The van der Waals surface area contributed by atoms with Crippen LogP contribution in [0.1, 0.15) is 5.56 Å². The number of phenols is 1. The fraction of sp³-hybridized carbons (Fsp3) is 0.333. The topological polar surface area (TPSA) is 66.5 Å². The molecule has 0 radical (unpaired) electrons. The highest BCUT2D eigenvalue weighted by Crippen LogP contribution is 2.20. The number of aliphatic hydroxyl groups excluding tert-OH is 1. The minimum atomic E-state index is -0.222. The minimum absolute atomic E-state index is 0.0164. The second kappa shape index (κ2) is 4.78. The normalized spacial score (nSPS) is 12.8. The Morgan fingerprint density at radius 1 is 1.46 bits per heavy atom. The van der Waals surface area contributed by atoms with Crippen LogP contribution in [0.25, 0.3) is 0 Å². The summed E-state index contributed by atoms with van der Waals surface area (Å²) in [4.78, 5) is 0. The van der Waals surface area contributed by atoms with Gasteiger partial charge in [-0.2, -0.15) is 0 Å². The molecule has 0 spiro atoms. The van der Waals surface area contributed by atoms with Crippen molar-refractivity contribution in [3.63, 3.8) is 0 Å². The summed E-state index contributed by atoms with van der Waals surface area (Å²) in [5.41, 5.74) is 6.61. The highest BCUT2D eigenvalue weighted by atomic mass is 127. The lowest BCUT2D eigenvalue weighted by molar-refractivity contribution is 0.265. The standard InChI is InChI=1S/C9H12INO2/c10-8-4-6(1-2-9(8)13)3-7(11)5-12/h1-2,4,7,12-13H,3,5,11H2/t7-/m0/s1. The van der Waals surface area contributed by atoms with Crippen LogP contribution < -0.4 is 5.73 Å². The van der Waals surface area contributed by atoms with E-state index >= 15 is 0 Å². The molecule has 0 saturated carbocycles. The van der Waals surface area contributed by atoms with Crippen molar-refractivity contribution < 1.29 is 10.2 Å². The van der Waals surface area contributed by atoms with Crippen LogP contribution in [0.2, 0.25) is 0 Å². The highest BCUT2D eigenvalue weighted by molar-refractivity contribution is 14.1. The third-order valence-corrected chi connectivity index (χ3v) is 2.61. The van der Waals surface area contributed by atoms with Crippen LogP contribution in [0.3, 0.4) is 0 Å². The Kier molecular flexibility index (Phi) is 3.95. The van der Waals surface area contributed by atoms with Crippen molar-refractivity contribution in [1.82, 2.24) is 0 Å². The van der Waals surface area contributed by atoms with Crippen LogP contribution in [-0.2, 0) is 6.42 Å². The van der Waals surface area contributed by atoms with Gasteiger partial charge >= 0.3 is 0 Å². The quantitative estimate of drug-likeness (QED) is 0.724. The van der Waals surface area contributed by atoms with Crippen LogP contribution in [-0.4, -0.2) is 22.9 Å². The van der Waals surface area contributed by atoms with E-state index in [4.69, 9.17) is 10.8 Å². The molecule has 4 N–H and O–H groups in total. The summed E-state index contributed by atoms with van der Waals surface area (Å²) < 4.78 is 0.806. The Labute approximate surface area is 90.7 Å². The van der Waals surface area contributed by atoms with Gasteiger partial charge in [0.05, 0.1) is 10.2 Å². The van der Waals surface area contributed by atoms with Crippen molar-refractivity contribution >= 4 is 22.6 Å². The Morgan fingerprint density at radius 3 is 2.69 bits per heavy atom. The van der Waals surface area contributed by atoms with Crippen molar-refractivity contribution in [2.75, 3.05) is 6.61 Å². The number of rotatable bonds is 3. The van der Waals surface area contributed by atoms with Gasteiger partial charge in [-0.05, 0) is 46.7 Å². The van der Waals surface area contributed by atoms with Crippen molar-refractivity contribution in [3.8, 4) is 5.75 Å². The fourth-order valence-electron chi connectivity index (χ4n) is 1.04. The first-order chi connectivity index (χ1) is 6.13. The van der Waals surface area contributed by atoms with Gasteiger partial charge in [0.1, 0.15) is 5.75 Å². The Bertz CT molecular complexity index is 291. The average molecular weight is 293 g/mol. The monoisotopic (exact) mass is 293 g/mol. The number of benzene rings is 1. The van der Waals surface area contributed by atoms with Crippen LogP contribution in [0, 0.1) is 3.57 Å². The smallest absolute Gasteiger partial charge is 0.128 e. The molecule has 1 aromatic carbocycles. The Hall–Kier alpha value is -0.330. The van der Waals surface area contributed by atoms with Crippen molar-refractivity contribution in [2.24, 2.45) is 5.73 Å². The van der Waals surface area contributed by atoms with Crippen LogP contribution >= 0.6 is 22.6 Å². The Balaban J connectivity index is 2.73. The van der Waals surface area contributed by atoms with Gasteiger partial charge in [-0.15, -0.1) is 0 Å². The van der Waals surface area contributed by atoms with Gasteiger partial charge < -0.3 is 15.9 Å². The van der Waals surface area contributed by atoms with Gasteiger partial charge in [-0.25, -0.2) is 0 Å². The van der Waals surface area contributed by atoms with Crippen LogP contribution in [0.4, 0.5) is 0 Å². The molecule has 13 heavy (non-hydrogen) atoms. The van der Waals surface area contributed by atoms with E-state index in [-0.39, 0.29) is 18.4 Å². The molecule has 0 fully saturated rings. The molecule has 1 aromatic rings. The van der Waals surface area contributed by atoms with E-state index < -0.39 is 0 Å². The molecule has 0 bridgehead atoms. The van der Waals surface area contributed by atoms with Crippen LogP contribution in [0.5, 0.6) is 5.75 Å². The number of aromatic hydroxyl groups is 1. The lowest BCUT2D eigenvalue weighted by Gasteiger charge is -2.08. The predicted octanol–water partition coefficient (Wildman–Crippen LogP) is 0.859. The molecule has 0 aliphatic carbocycles. The number of nitrogens with two attached hydrogens (primary N) is 1. The molecule has 0 aliphatic heterocycles. The molecule has 72 valence electrons. The summed E-state index contributed by atoms with van der Waals surface area (Å²) in [5, 5.41) is 18.0. The third-order valence-electron chi connectivity index (χ3n) is 1.74. The van der Waals surface area contributed by atoms with Gasteiger partial charge in [0.25, 0.3) is 0 Å².